The Morgan fingerprint density at radius 2 is 2.03 bits per heavy atom. The molecule has 0 aromatic heterocycles. The zero-order valence-electron chi connectivity index (χ0n) is 17.1. The van der Waals surface area contributed by atoms with Crippen LogP contribution in [-0.2, 0) is 9.59 Å². The van der Waals surface area contributed by atoms with Gasteiger partial charge in [-0.25, -0.2) is 0 Å². The van der Waals surface area contributed by atoms with Crippen molar-refractivity contribution in [2.45, 2.75) is 51.6 Å². The van der Waals surface area contributed by atoms with Gasteiger partial charge in [-0.2, -0.15) is 0 Å². The van der Waals surface area contributed by atoms with Crippen molar-refractivity contribution in [3.8, 4) is 0 Å². The first-order chi connectivity index (χ1) is 14.0. The van der Waals surface area contributed by atoms with Crippen LogP contribution < -0.4 is 16.0 Å². The molecule has 3 aliphatic heterocycles. The Hall–Kier alpha value is -2.05. The number of benzodiazepines with no additional fused rings is 1. The summed E-state index contributed by atoms with van der Waals surface area (Å²) in [6, 6.07) is 6.03. The van der Waals surface area contributed by atoms with Crippen LogP contribution in [0.3, 0.4) is 0 Å². The van der Waals surface area contributed by atoms with Gasteiger partial charge in [-0.15, -0.1) is 0 Å². The monoisotopic (exact) mass is 394 g/mol. The molecule has 29 heavy (non-hydrogen) atoms. The first-order valence-electron chi connectivity index (χ1n) is 11.0. The Balaban J connectivity index is 1.51. The Bertz CT molecular complexity index is 875. The normalized spacial score (nSPS) is 31.7. The molecule has 1 atom stereocenters. The smallest absolute Gasteiger partial charge is 0.266 e. The molecule has 2 saturated heterocycles. The number of para-hydroxylation sites is 1. The zero-order chi connectivity index (χ0) is 20.2. The summed E-state index contributed by atoms with van der Waals surface area (Å²) in [6.45, 7) is 3.82. The molecule has 6 rings (SSSR count). The average Bonchev–Trinajstić information content (AvgIpc) is 3.57. The largest absolute Gasteiger partial charge is 0.315 e. The van der Waals surface area contributed by atoms with E-state index in [0.29, 0.717) is 11.8 Å². The molecule has 0 spiro atoms. The van der Waals surface area contributed by atoms with E-state index in [1.807, 2.05) is 25.1 Å². The molecule has 3 N–H and O–H groups in total. The Kier molecular flexibility index (Phi) is 4.59. The van der Waals surface area contributed by atoms with Crippen LogP contribution in [0.2, 0.25) is 0 Å². The number of rotatable bonds is 4. The summed E-state index contributed by atoms with van der Waals surface area (Å²) in [4.78, 5) is 33.1. The van der Waals surface area contributed by atoms with Gasteiger partial charge in [0.1, 0.15) is 0 Å². The molecule has 154 valence electrons. The minimum Gasteiger partial charge on any atom is -0.315 e. The maximum atomic E-state index is 13.6. The summed E-state index contributed by atoms with van der Waals surface area (Å²) in [7, 11) is 0. The maximum Gasteiger partial charge on any atom is 0.266 e. The quantitative estimate of drug-likeness (QED) is 0.819. The summed E-state index contributed by atoms with van der Waals surface area (Å²) in [5.41, 5.74) is 9.58. The van der Waals surface area contributed by atoms with Crippen molar-refractivity contribution in [1.29, 1.82) is 0 Å². The van der Waals surface area contributed by atoms with Crippen molar-refractivity contribution in [3.63, 3.8) is 0 Å². The number of carbonyl (C=O) groups excluding carboxylic acids is 2. The van der Waals surface area contributed by atoms with E-state index in [-0.39, 0.29) is 23.7 Å². The minimum absolute atomic E-state index is 0.0875. The number of fused-ring (bicyclic) bond motifs is 5. The second-order valence-electron chi connectivity index (χ2n) is 9.41. The van der Waals surface area contributed by atoms with Crippen LogP contribution in [0, 0.1) is 24.2 Å². The van der Waals surface area contributed by atoms with Crippen molar-refractivity contribution in [3.05, 3.63) is 29.3 Å². The highest BCUT2D eigenvalue weighted by Crippen LogP contribution is 2.43. The molecule has 5 aliphatic rings. The van der Waals surface area contributed by atoms with Crippen LogP contribution in [0.15, 0.2) is 23.2 Å². The first-order valence-corrected chi connectivity index (χ1v) is 11.0. The Morgan fingerprint density at radius 3 is 2.76 bits per heavy atom. The predicted octanol–water partition coefficient (Wildman–Crippen LogP) is 2.17. The number of anilines is 1. The highest BCUT2D eigenvalue weighted by atomic mass is 16.2. The van der Waals surface area contributed by atoms with Crippen LogP contribution >= 0.6 is 0 Å². The third kappa shape index (κ3) is 3.22. The molecule has 1 unspecified atom stereocenters. The highest BCUT2D eigenvalue weighted by Gasteiger charge is 2.45. The first kappa shape index (κ1) is 18.9. The summed E-state index contributed by atoms with van der Waals surface area (Å²) in [6.07, 6.45) is 5.26. The molecule has 1 aromatic rings. The lowest BCUT2D eigenvalue weighted by molar-refractivity contribution is -0.130. The second kappa shape index (κ2) is 7.03. The average molecular weight is 395 g/mol. The second-order valence-corrected chi connectivity index (χ2v) is 9.41. The number of benzene rings is 1. The number of nitrogens with one attached hydrogen (secondary N) is 1. The minimum atomic E-state index is -0.939. The molecule has 6 heteroatoms. The molecular formula is C23H30N4O2. The molecule has 6 nitrogen and oxygen atoms in total. The van der Waals surface area contributed by atoms with Crippen LogP contribution in [0.25, 0.3) is 0 Å². The standard InChI is InChI=1S/C23H30N4O2/c1-14-3-2-4-17-19(16-5-6-16)26-21(24)22(29)27(20(14)17)12-18(28)23-9-7-15(8-10-23)11-25-13-23/h2-4,15-16,21,25H,5-13,24H2,1H3. The number of hydrogen-bond acceptors (Lipinski definition) is 5. The number of amides is 1. The zero-order valence-corrected chi connectivity index (χ0v) is 17.1. The topological polar surface area (TPSA) is 87.8 Å². The molecule has 1 aromatic carbocycles. The van der Waals surface area contributed by atoms with Crippen molar-refractivity contribution < 1.29 is 9.59 Å². The van der Waals surface area contributed by atoms with Crippen molar-refractivity contribution in [2.75, 3.05) is 24.5 Å². The van der Waals surface area contributed by atoms with E-state index in [4.69, 9.17) is 5.73 Å². The maximum absolute atomic E-state index is 13.6. The number of carbonyl (C=O) groups is 2. The van der Waals surface area contributed by atoms with Gasteiger partial charge in [-0.1, -0.05) is 18.2 Å². The van der Waals surface area contributed by atoms with Crippen molar-refractivity contribution >= 4 is 23.1 Å². The molecular weight excluding hydrogens is 364 g/mol. The van der Waals surface area contributed by atoms with E-state index in [1.54, 1.807) is 4.90 Å². The molecule has 2 bridgehead atoms. The summed E-state index contributed by atoms with van der Waals surface area (Å²) in [5, 5.41) is 3.49. The van der Waals surface area contributed by atoms with Gasteiger partial charge in [0, 0.05) is 29.2 Å². The number of aliphatic imine (C=N–C) groups is 1. The number of nitrogens with two attached hydrogens (primary N) is 1. The van der Waals surface area contributed by atoms with Gasteiger partial charge in [-0.3, -0.25) is 14.6 Å². The molecule has 1 amide bonds. The number of ketones is 1. The third-order valence-electron chi connectivity index (χ3n) is 7.40. The van der Waals surface area contributed by atoms with Crippen molar-refractivity contribution in [1.82, 2.24) is 5.32 Å². The summed E-state index contributed by atoms with van der Waals surface area (Å²) in [5.74, 6) is 0.959. The SMILES string of the molecule is Cc1cccc2c1N(CC(=O)C13CCC(CC1)CNC3)C(=O)C(N)N=C2C1CC1. The molecule has 3 heterocycles. The van der Waals surface area contributed by atoms with E-state index >= 15 is 0 Å². The lowest BCUT2D eigenvalue weighted by atomic mass is 9.69. The van der Waals surface area contributed by atoms with E-state index in [0.717, 1.165) is 74.1 Å². The predicted molar refractivity (Wildman–Crippen MR) is 113 cm³/mol. The van der Waals surface area contributed by atoms with Gasteiger partial charge in [-0.05, 0) is 63.5 Å². The number of Topliss-reactive ketones (excluding diaryl/α,β-unsaturated/α-hetero) is 1. The fourth-order valence-corrected chi connectivity index (χ4v) is 5.42. The fourth-order valence-electron chi connectivity index (χ4n) is 5.42. The van der Waals surface area contributed by atoms with Crippen molar-refractivity contribution in [2.24, 2.45) is 28.0 Å². The van der Waals surface area contributed by atoms with Gasteiger partial charge >= 0.3 is 0 Å². The molecule has 0 radical (unpaired) electrons. The van der Waals surface area contributed by atoms with Crippen LogP contribution in [0.4, 0.5) is 5.69 Å². The summed E-state index contributed by atoms with van der Waals surface area (Å²) < 4.78 is 0. The van der Waals surface area contributed by atoms with Gasteiger partial charge in [0.25, 0.3) is 5.91 Å². The highest BCUT2D eigenvalue weighted by molar-refractivity contribution is 6.16. The van der Waals surface area contributed by atoms with E-state index < -0.39 is 6.17 Å². The third-order valence-corrected chi connectivity index (χ3v) is 7.40. The molecule has 2 aliphatic carbocycles. The Labute approximate surface area is 171 Å². The van der Waals surface area contributed by atoms with Gasteiger partial charge < -0.3 is 16.0 Å². The molecule has 4 fully saturated rings. The van der Waals surface area contributed by atoms with Gasteiger partial charge in [0.05, 0.1) is 12.2 Å². The Morgan fingerprint density at radius 1 is 1.28 bits per heavy atom. The number of nitrogens with zero attached hydrogens (tertiary/aromatic N) is 2. The van der Waals surface area contributed by atoms with Gasteiger partial charge in [0.15, 0.2) is 11.9 Å². The van der Waals surface area contributed by atoms with Crippen LogP contribution in [0.5, 0.6) is 0 Å². The van der Waals surface area contributed by atoms with Gasteiger partial charge in [0.2, 0.25) is 0 Å². The lowest BCUT2D eigenvalue weighted by Crippen LogP contribution is -2.50. The number of hydrogen-bond donors (Lipinski definition) is 2. The van der Waals surface area contributed by atoms with E-state index in [1.165, 1.54) is 0 Å². The molecule has 2 saturated carbocycles. The lowest BCUT2D eigenvalue weighted by Gasteiger charge is -2.37. The number of aryl methyl sites for hydroxylation is 1. The van der Waals surface area contributed by atoms with E-state index in [9.17, 15) is 9.59 Å². The fraction of sp³-hybridized carbons (Fsp3) is 0.609. The van der Waals surface area contributed by atoms with Crippen LogP contribution in [0.1, 0.15) is 49.7 Å². The summed E-state index contributed by atoms with van der Waals surface area (Å²) >= 11 is 0. The van der Waals surface area contributed by atoms with E-state index in [2.05, 4.69) is 10.3 Å². The van der Waals surface area contributed by atoms with Crippen LogP contribution in [-0.4, -0.2) is 43.2 Å².